The topological polar surface area (TPSA) is 82.1 Å². The van der Waals surface area contributed by atoms with Gasteiger partial charge in [-0.15, -0.1) is 0 Å². The van der Waals surface area contributed by atoms with Crippen molar-refractivity contribution in [2.45, 2.75) is 58.7 Å². The molecule has 2 aromatic heterocycles. The summed E-state index contributed by atoms with van der Waals surface area (Å²) in [4.78, 5) is 44.1. The van der Waals surface area contributed by atoms with Crippen LogP contribution in [0.3, 0.4) is 0 Å². The molecule has 1 aliphatic rings. The third-order valence-corrected chi connectivity index (χ3v) is 5.63. The molecule has 0 N–H and O–H groups in total. The number of likely N-dealkylation sites (tertiary alicyclic amines) is 1. The Morgan fingerprint density at radius 3 is 2.54 bits per heavy atom. The highest BCUT2D eigenvalue weighted by molar-refractivity contribution is 5.82. The quantitative estimate of drug-likeness (QED) is 0.810. The summed E-state index contributed by atoms with van der Waals surface area (Å²) in [6, 6.07) is -0.0865. The predicted octanol–water partition coefficient (Wildman–Crippen LogP) is 0.958. The van der Waals surface area contributed by atoms with Gasteiger partial charge in [-0.25, -0.2) is 9.78 Å². The van der Waals surface area contributed by atoms with Crippen molar-refractivity contribution in [3.63, 3.8) is 0 Å². The molecule has 8 heteroatoms. The maximum absolute atomic E-state index is 12.8. The van der Waals surface area contributed by atoms with Gasteiger partial charge in [0.2, 0.25) is 0 Å². The first-order valence-corrected chi connectivity index (χ1v) is 9.15. The maximum atomic E-state index is 12.8. The highest BCUT2D eigenvalue weighted by Crippen LogP contribution is 2.23. The first kappa shape index (κ1) is 18.6. The van der Waals surface area contributed by atoms with Gasteiger partial charge >= 0.3 is 5.69 Å². The fraction of sp³-hybridized carbons (Fsp3) is 0.667. The highest BCUT2D eigenvalue weighted by Gasteiger charge is 2.27. The molecular formula is C18H27N5O3. The van der Waals surface area contributed by atoms with Gasteiger partial charge in [-0.3, -0.25) is 23.6 Å². The number of carbonyl (C=O) groups is 1. The van der Waals surface area contributed by atoms with Crippen molar-refractivity contribution in [2.75, 3.05) is 6.54 Å². The molecule has 0 bridgehead atoms. The third-order valence-electron chi connectivity index (χ3n) is 5.63. The van der Waals surface area contributed by atoms with Crippen LogP contribution in [0.5, 0.6) is 0 Å². The molecule has 0 spiro atoms. The number of rotatable bonds is 4. The molecule has 3 rings (SSSR count). The van der Waals surface area contributed by atoms with Crippen molar-refractivity contribution in [1.82, 2.24) is 23.6 Å². The number of aromatic nitrogens is 4. The SMILES string of the molecule is CC(=O)[C@@H](C)n1c(CN2CCCC[C@H]2C)nc2c1c(=O)n(C)c(=O)n2C. The van der Waals surface area contributed by atoms with E-state index in [9.17, 15) is 14.4 Å². The summed E-state index contributed by atoms with van der Waals surface area (Å²) in [5.41, 5.74) is -0.176. The van der Waals surface area contributed by atoms with E-state index in [-0.39, 0.29) is 5.78 Å². The zero-order valence-corrected chi connectivity index (χ0v) is 16.2. The van der Waals surface area contributed by atoms with Crippen LogP contribution in [0.1, 0.15) is 51.9 Å². The Hall–Kier alpha value is -2.22. The number of hydrogen-bond acceptors (Lipinski definition) is 5. The number of nitrogens with zero attached hydrogens (tertiary/aromatic N) is 5. The number of imidazole rings is 1. The Bertz CT molecular complexity index is 968. The fourth-order valence-electron chi connectivity index (χ4n) is 3.74. The summed E-state index contributed by atoms with van der Waals surface area (Å²) in [5, 5.41) is 0. The second-order valence-electron chi connectivity index (χ2n) is 7.38. The number of aryl methyl sites for hydroxylation is 1. The van der Waals surface area contributed by atoms with E-state index in [1.807, 2.05) is 0 Å². The zero-order chi connectivity index (χ0) is 19.2. The van der Waals surface area contributed by atoms with Gasteiger partial charge in [0.05, 0.1) is 12.6 Å². The summed E-state index contributed by atoms with van der Waals surface area (Å²) in [6.07, 6.45) is 3.47. The minimum absolute atomic E-state index is 0.0480. The van der Waals surface area contributed by atoms with Crippen molar-refractivity contribution < 1.29 is 4.79 Å². The number of piperidine rings is 1. The van der Waals surface area contributed by atoms with Gasteiger partial charge in [0.1, 0.15) is 5.82 Å². The summed E-state index contributed by atoms with van der Waals surface area (Å²) in [7, 11) is 3.06. The van der Waals surface area contributed by atoms with E-state index in [0.29, 0.717) is 29.6 Å². The average molecular weight is 361 g/mol. The molecule has 3 heterocycles. The molecule has 0 aromatic carbocycles. The summed E-state index contributed by atoms with van der Waals surface area (Å²) in [5.74, 6) is 0.614. The number of ketones is 1. The predicted molar refractivity (Wildman–Crippen MR) is 99.3 cm³/mol. The second kappa shape index (κ2) is 6.83. The van der Waals surface area contributed by atoms with Crippen molar-refractivity contribution in [2.24, 2.45) is 14.1 Å². The Labute approximate surface area is 152 Å². The lowest BCUT2D eigenvalue weighted by molar-refractivity contribution is -0.119. The Kier molecular flexibility index (Phi) is 4.88. The van der Waals surface area contributed by atoms with Crippen molar-refractivity contribution in [1.29, 1.82) is 0 Å². The monoisotopic (exact) mass is 361 g/mol. The zero-order valence-electron chi connectivity index (χ0n) is 16.2. The molecule has 1 aliphatic heterocycles. The Balaban J connectivity index is 2.25. The third kappa shape index (κ3) is 2.92. The van der Waals surface area contributed by atoms with Crippen molar-refractivity contribution in [3.8, 4) is 0 Å². The normalized spacial score (nSPS) is 19.8. The minimum Gasteiger partial charge on any atom is -0.311 e. The van der Waals surface area contributed by atoms with Gasteiger partial charge in [0.25, 0.3) is 5.56 Å². The summed E-state index contributed by atoms with van der Waals surface area (Å²) >= 11 is 0. The van der Waals surface area contributed by atoms with Crippen LogP contribution in [-0.2, 0) is 25.4 Å². The molecule has 142 valence electrons. The van der Waals surface area contributed by atoms with E-state index < -0.39 is 17.3 Å². The van der Waals surface area contributed by atoms with Gasteiger partial charge in [-0.05, 0) is 40.2 Å². The van der Waals surface area contributed by atoms with Crippen LogP contribution in [0, 0.1) is 0 Å². The maximum Gasteiger partial charge on any atom is 0.332 e. The standard InChI is InChI=1S/C18H27N5O3/c1-11-8-6-7-9-22(11)10-14-19-16-15(23(14)12(2)13(3)24)17(25)21(5)18(26)20(16)4/h11-12H,6-10H2,1-5H3/t11-,12-/m1/s1. The lowest BCUT2D eigenvalue weighted by Gasteiger charge is -2.33. The minimum atomic E-state index is -0.514. The van der Waals surface area contributed by atoms with Crippen molar-refractivity contribution >= 4 is 16.9 Å². The van der Waals surface area contributed by atoms with Gasteiger partial charge < -0.3 is 4.57 Å². The lowest BCUT2D eigenvalue weighted by atomic mass is 10.0. The van der Waals surface area contributed by atoms with Crippen LogP contribution in [0.15, 0.2) is 9.59 Å². The number of fused-ring (bicyclic) bond motifs is 1. The van der Waals surface area contributed by atoms with Crippen LogP contribution >= 0.6 is 0 Å². The molecule has 26 heavy (non-hydrogen) atoms. The lowest BCUT2D eigenvalue weighted by Crippen LogP contribution is -2.38. The first-order chi connectivity index (χ1) is 12.2. The van der Waals surface area contributed by atoms with Gasteiger partial charge in [0, 0.05) is 20.1 Å². The average Bonchev–Trinajstić information content (AvgIpc) is 2.98. The molecule has 2 aromatic rings. The number of Topliss-reactive ketones (excluding diaryl/α,β-unsaturated/α-hetero) is 1. The molecule has 0 unspecified atom stereocenters. The number of hydrogen-bond donors (Lipinski definition) is 0. The van der Waals surface area contributed by atoms with Crippen LogP contribution in [0.25, 0.3) is 11.2 Å². The van der Waals surface area contributed by atoms with E-state index in [2.05, 4.69) is 16.8 Å². The molecule has 0 aliphatic carbocycles. The smallest absolute Gasteiger partial charge is 0.311 e. The van der Waals surface area contributed by atoms with Crippen LogP contribution in [0.2, 0.25) is 0 Å². The molecule has 0 saturated carbocycles. The highest BCUT2D eigenvalue weighted by atomic mass is 16.2. The number of carbonyl (C=O) groups excluding carboxylic acids is 1. The molecule has 1 fully saturated rings. The van der Waals surface area contributed by atoms with Crippen LogP contribution < -0.4 is 11.2 Å². The summed E-state index contributed by atoms with van der Waals surface area (Å²) in [6.45, 7) is 7.00. The molecule has 0 amide bonds. The molecule has 8 nitrogen and oxygen atoms in total. The van der Waals surface area contributed by atoms with E-state index in [1.165, 1.54) is 25.0 Å². The molecule has 0 radical (unpaired) electrons. The van der Waals surface area contributed by atoms with E-state index >= 15 is 0 Å². The van der Waals surface area contributed by atoms with Gasteiger partial charge in [0.15, 0.2) is 16.9 Å². The van der Waals surface area contributed by atoms with Crippen LogP contribution in [0.4, 0.5) is 0 Å². The Morgan fingerprint density at radius 1 is 1.23 bits per heavy atom. The molecular weight excluding hydrogens is 334 g/mol. The first-order valence-electron chi connectivity index (χ1n) is 9.15. The van der Waals surface area contributed by atoms with Gasteiger partial charge in [-0.1, -0.05) is 6.42 Å². The largest absolute Gasteiger partial charge is 0.332 e. The summed E-state index contributed by atoms with van der Waals surface area (Å²) < 4.78 is 4.17. The fourth-order valence-corrected chi connectivity index (χ4v) is 3.74. The molecule has 1 saturated heterocycles. The Morgan fingerprint density at radius 2 is 1.92 bits per heavy atom. The van der Waals surface area contributed by atoms with E-state index in [4.69, 9.17) is 0 Å². The van der Waals surface area contributed by atoms with E-state index in [1.54, 1.807) is 18.5 Å². The van der Waals surface area contributed by atoms with E-state index in [0.717, 1.165) is 24.0 Å². The van der Waals surface area contributed by atoms with Crippen LogP contribution in [-0.4, -0.2) is 42.0 Å². The second-order valence-corrected chi connectivity index (χ2v) is 7.38. The molecule has 2 atom stereocenters. The van der Waals surface area contributed by atoms with Crippen molar-refractivity contribution in [3.05, 3.63) is 26.7 Å². The van der Waals surface area contributed by atoms with Gasteiger partial charge in [-0.2, -0.15) is 0 Å².